The third-order valence-electron chi connectivity index (χ3n) is 5.17. The molecule has 1 heterocycles. The van der Waals surface area contributed by atoms with Crippen molar-refractivity contribution in [3.05, 3.63) is 80.4 Å². The first-order valence-corrected chi connectivity index (χ1v) is 11.5. The highest BCUT2D eigenvalue weighted by molar-refractivity contribution is 8.00. The van der Waals surface area contributed by atoms with Crippen molar-refractivity contribution in [2.24, 2.45) is 0 Å². The number of pyridine rings is 1. The number of nitrogens with zero attached hydrogens (tertiary/aromatic N) is 4. The monoisotopic (exact) mass is 506 g/mol. The molecule has 1 aromatic heterocycles. The number of benzene rings is 2. The molecule has 0 saturated carbocycles. The Kier molecular flexibility index (Phi) is 7.92. The molecule has 0 spiro atoms. The third-order valence-corrected chi connectivity index (χ3v) is 6.51. The number of thioether (sulfide) groups is 1. The first kappa shape index (κ1) is 25.5. The van der Waals surface area contributed by atoms with Crippen molar-refractivity contribution >= 4 is 40.8 Å². The van der Waals surface area contributed by atoms with Crippen molar-refractivity contribution in [2.75, 3.05) is 5.73 Å². The van der Waals surface area contributed by atoms with Crippen LogP contribution in [0.3, 0.4) is 0 Å². The molecule has 2 atom stereocenters. The van der Waals surface area contributed by atoms with Crippen LogP contribution in [0.1, 0.15) is 36.6 Å². The lowest BCUT2D eigenvalue weighted by Crippen LogP contribution is -2.33. The summed E-state index contributed by atoms with van der Waals surface area (Å²) in [7, 11) is 0. The molecule has 0 aliphatic heterocycles. The number of carbonyl (C=O) groups excluding carboxylic acids is 1. The average Bonchev–Trinajstić information content (AvgIpc) is 2.83. The molecule has 1 amide bonds. The molecule has 3 rings (SSSR count). The number of nitrogens with one attached hydrogen (secondary N) is 1. The summed E-state index contributed by atoms with van der Waals surface area (Å²) in [5, 5.41) is 34.1. The fourth-order valence-electron chi connectivity index (χ4n) is 3.38. The van der Waals surface area contributed by atoms with E-state index in [1.807, 2.05) is 19.1 Å². The Morgan fingerprint density at radius 3 is 2.37 bits per heavy atom. The van der Waals surface area contributed by atoms with Gasteiger partial charge in [-0.05, 0) is 37.6 Å². The highest BCUT2D eigenvalue weighted by Crippen LogP contribution is 2.40. The molecule has 176 valence electrons. The molecule has 2 unspecified atom stereocenters. The van der Waals surface area contributed by atoms with Gasteiger partial charge in [0, 0.05) is 16.7 Å². The van der Waals surface area contributed by atoms with E-state index in [0.29, 0.717) is 5.02 Å². The summed E-state index contributed by atoms with van der Waals surface area (Å²) < 4.78 is 0. The number of amides is 1. The third kappa shape index (κ3) is 5.52. The fourth-order valence-corrected chi connectivity index (χ4v) is 4.44. The number of nitro groups is 1. The van der Waals surface area contributed by atoms with Crippen molar-refractivity contribution in [1.29, 1.82) is 10.5 Å². The second kappa shape index (κ2) is 10.9. The Labute approximate surface area is 210 Å². The van der Waals surface area contributed by atoms with E-state index in [9.17, 15) is 25.4 Å². The fraction of sp³-hybridized carbons (Fsp3) is 0.167. The van der Waals surface area contributed by atoms with Gasteiger partial charge >= 0.3 is 0 Å². The van der Waals surface area contributed by atoms with Crippen LogP contribution in [0.4, 0.5) is 11.5 Å². The van der Waals surface area contributed by atoms with Crippen LogP contribution >= 0.6 is 23.4 Å². The maximum atomic E-state index is 12.9. The minimum Gasteiger partial charge on any atom is -0.383 e. The SMILES string of the molecule is CC(Sc1nc(N)c(C#N)c(-c2ccccc2[N+](=O)[O-])c1C#N)C(=O)NC(C)c1ccc(Cl)cc1. The van der Waals surface area contributed by atoms with Gasteiger partial charge in [-0.15, -0.1) is 0 Å². The number of carbonyl (C=O) groups is 1. The van der Waals surface area contributed by atoms with Crippen LogP contribution < -0.4 is 11.1 Å². The van der Waals surface area contributed by atoms with Gasteiger partial charge in [-0.3, -0.25) is 14.9 Å². The second-order valence-electron chi connectivity index (χ2n) is 7.47. The van der Waals surface area contributed by atoms with E-state index < -0.39 is 10.2 Å². The summed E-state index contributed by atoms with van der Waals surface area (Å²) in [6.45, 7) is 3.46. The van der Waals surface area contributed by atoms with E-state index in [0.717, 1.165) is 17.3 Å². The number of hydrogen-bond acceptors (Lipinski definition) is 8. The number of nitro benzene ring substituents is 1. The maximum absolute atomic E-state index is 12.9. The highest BCUT2D eigenvalue weighted by atomic mass is 35.5. The van der Waals surface area contributed by atoms with Crippen molar-refractivity contribution in [3.8, 4) is 23.3 Å². The quantitative estimate of drug-likeness (QED) is 0.257. The minimum absolute atomic E-state index is 0.0134. The summed E-state index contributed by atoms with van der Waals surface area (Å²) >= 11 is 6.89. The summed E-state index contributed by atoms with van der Waals surface area (Å²) in [5.74, 6) is -0.511. The zero-order valence-electron chi connectivity index (χ0n) is 18.7. The molecular weight excluding hydrogens is 488 g/mol. The molecule has 9 nitrogen and oxygen atoms in total. The Bertz CT molecular complexity index is 1380. The van der Waals surface area contributed by atoms with E-state index in [4.69, 9.17) is 17.3 Å². The lowest BCUT2D eigenvalue weighted by Gasteiger charge is -2.19. The molecule has 0 radical (unpaired) electrons. The van der Waals surface area contributed by atoms with E-state index in [1.54, 1.807) is 37.3 Å². The van der Waals surface area contributed by atoms with Gasteiger partial charge in [-0.25, -0.2) is 4.98 Å². The Hall–Kier alpha value is -4.12. The number of hydrogen-bond donors (Lipinski definition) is 2. The number of aromatic nitrogens is 1. The van der Waals surface area contributed by atoms with Crippen LogP contribution in [0.25, 0.3) is 11.1 Å². The molecule has 0 aliphatic carbocycles. The molecule has 3 N–H and O–H groups in total. The summed E-state index contributed by atoms with van der Waals surface area (Å²) in [6.07, 6.45) is 0. The van der Waals surface area contributed by atoms with Crippen LogP contribution in [0, 0.1) is 32.8 Å². The van der Waals surface area contributed by atoms with Gasteiger partial charge in [0.2, 0.25) is 5.91 Å². The number of rotatable bonds is 7. The van der Waals surface area contributed by atoms with Crippen LogP contribution in [0.15, 0.2) is 53.6 Å². The van der Waals surface area contributed by atoms with Gasteiger partial charge in [0.05, 0.1) is 27.3 Å². The molecule has 0 saturated heterocycles. The molecule has 2 aromatic carbocycles. The Balaban J connectivity index is 1.98. The maximum Gasteiger partial charge on any atom is 0.277 e. The standard InChI is InChI=1S/C24H19ClN6O3S/c1-13(15-7-9-16(25)10-8-15)29-23(32)14(2)35-24-19(12-27)21(18(11-26)22(28)30-24)17-5-3-4-6-20(17)31(33)34/h3-10,13-14H,1-2H3,(H2,28,30)(H,29,32). The van der Waals surface area contributed by atoms with Gasteiger partial charge in [-0.1, -0.05) is 47.6 Å². The van der Waals surface area contributed by atoms with E-state index in [1.165, 1.54) is 18.2 Å². The first-order valence-electron chi connectivity index (χ1n) is 10.3. The van der Waals surface area contributed by atoms with Gasteiger partial charge in [0.15, 0.2) is 0 Å². The van der Waals surface area contributed by atoms with Crippen LogP contribution in [0.2, 0.25) is 5.02 Å². The number of anilines is 1. The van der Waals surface area contributed by atoms with Crippen molar-refractivity contribution in [1.82, 2.24) is 10.3 Å². The van der Waals surface area contributed by atoms with Gasteiger partial charge in [0.1, 0.15) is 28.5 Å². The van der Waals surface area contributed by atoms with Crippen molar-refractivity contribution in [3.63, 3.8) is 0 Å². The molecule has 11 heteroatoms. The van der Waals surface area contributed by atoms with Crippen LogP contribution in [-0.4, -0.2) is 21.1 Å². The number of para-hydroxylation sites is 1. The van der Waals surface area contributed by atoms with Crippen LogP contribution in [0.5, 0.6) is 0 Å². The van der Waals surface area contributed by atoms with E-state index >= 15 is 0 Å². The van der Waals surface area contributed by atoms with Gasteiger partial charge in [-0.2, -0.15) is 10.5 Å². The lowest BCUT2D eigenvalue weighted by atomic mass is 9.95. The van der Waals surface area contributed by atoms with Crippen molar-refractivity contribution < 1.29 is 9.72 Å². The van der Waals surface area contributed by atoms with E-state index in [2.05, 4.69) is 10.3 Å². The molecule has 0 fully saturated rings. The normalized spacial score (nSPS) is 12.1. The minimum atomic E-state index is -0.699. The lowest BCUT2D eigenvalue weighted by molar-refractivity contribution is -0.384. The van der Waals surface area contributed by atoms with Gasteiger partial charge < -0.3 is 11.1 Å². The largest absolute Gasteiger partial charge is 0.383 e. The highest BCUT2D eigenvalue weighted by Gasteiger charge is 2.28. The van der Waals surface area contributed by atoms with Crippen LogP contribution in [-0.2, 0) is 4.79 Å². The zero-order chi connectivity index (χ0) is 25.7. The number of nitrogen functional groups attached to an aromatic ring is 1. The summed E-state index contributed by atoms with van der Waals surface area (Å²) in [4.78, 5) is 28.0. The zero-order valence-corrected chi connectivity index (χ0v) is 20.2. The second-order valence-corrected chi connectivity index (χ2v) is 9.23. The van der Waals surface area contributed by atoms with Gasteiger partial charge in [0.25, 0.3) is 5.69 Å². The number of nitrogens with two attached hydrogens (primary N) is 1. The Morgan fingerprint density at radius 1 is 1.14 bits per heavy atom. The molecule has 3 aromatic rings. The van der Waals surface area contributed by atoms with Crippen molar-refractivity contribution in [2.45, 2.75) is 30.2 Å². The topological polar surface area (TPSA) is 159 Å². The molecular formula is C24H19ClN6O3S. The molecule has 0 aliphatic rings. The first-order chi connectivity index (χ1) is 16.7. The summed E-state index contributed by atoms with van der Waals surface area (Å²) in [5.41, 5.74) is 6.44. The smallest absolute Gasteiger partial charge is 0.277 e. The summed E-state index contributed by atoms with van der Waals surface area (Å²) in [6, 6.07) is 16.4. The predicted octanol–water partition coefficient (Wildman–Crippen LogP) is 4.99. The Morgan fingerprint density at radius 2 is 1.77 bits per heavy atom. The molecule has 35 heavy (non-hydrogen) atoms. The average molecular weight is 507 g/mol. The number of nitriles is 2. The molecule has 0 bridgehead atoms. The van der Waals surface area contributed by atoms with E-state index in [-0.39, 0.29) is 50.7 Å². The predicted molar refractivity (Wildman–Crippen MR) is 133 cm³/mol. The number of halogens is 1.